The first-order chi connectivity index (χ1) is 9.69. The third-order valence-corrected chi connectivity index (χ3v) is 4.14. The van der Waals surface area contributed by atoms with E-state index in [1.54, 1.807) is 0 Å². The number of halogens is 1. The highest BCUT2D eigenvalue weighted by molar-refractivity contribution is 9.10. The van der Waals surface area contributed by atoms with Gasteiger partial charge in [0.05, 0.1) is 0 Å². The zero-order valence-electron chi connectivity index (χ0n) is 12.9. The standard InChI is InChI=1S/C18H28BrN/c1-4-6-7-8-9-10-18(20-13-5-2)17-12-11-16(19)14-15(17)3/h4,11-12,14,18,20H,1,5-10,13H2,2-3H3. The molecule has 0 spiro atoms. The predicted octanol–water partition coefficient (Wildman–Crippen LogP) is 5.93. The van der Waals surface area contributed by atoms with Gasteiger partial charge in [0.1, 0.15) is 0 Å². The smallest absolute Gasteiger partial charge is 0.0322 e. The van der Waals surface area contributed by atoms with Gasteiger partial charge in [0.25, 0.3) is 0 Å². The lowest BCUT2D eigenvalue weighted by molar-refractivity contribution is 0.470. The number of allylic oxidation sites excluding steroid dienone is 1. The normalized spacial score (nSPS) is 12.3. The maximum atomic E-state index is 3.78. The molecular formula is C18H28BrN. The van der Waals surface area contributed by atoms with Gasteiger partial charge in [-0.15, -0.1) is 6.58 Å². The van der Waals surface area contributed by atoms with Gasteiger partial charge in [-0.1, -0.05) is 47.8 Å². The quantitative estimate of drug-likeness (QED) is 0.411. The summed E-state index contributed by atoms with van der Waals surface area (Å²) in [6.07, 6.45) is 9.41. The lowest BCUT2D eigenvalue weighted by Crippen LogP contribution is -2.22. The van der Waals surface area contributed by atoms with Gasteiger partial charge in [0.2, 0.25) is 0 Å². The van der Waals surface area contributed by atoms with Crippen molar-refractivity contribution in [2.45, 2.75) is 58.4 Å². The Morgan fingerprint density at radius 2 is 2.10 bits per heavy atom. The Kier molecular flexibility index (Phi) is 8.88. The summed E-state index contributed by atoms with van der Waals surface area (Å²) in [6.45, 7) is 9.31. The fourth-order valence-electron chi connectivity index (χ4n) is 2.53. The summed E-state index contributed by atoms with van der Waals surface area (Å²) in [5.41, 5.74) is 2.82. The van der Waals surface area contributed by atoms with Crippen molar-refractivity contribution in [3.8, 4) is 0 Å². The van der Waals surface area contributed by atoms with Gasteiger partial charge in [0, 0.05) is 10.5 Å². The van der Waals surface area contributed by atoms with Gasteiger partial charge >= 0.3 is 0 Å². The third kappa shape index (κ3) is 6.23. The SMILES string of the molecule is C=CCCCCCC(NCCC)c1ccc(Br)cc1C. The molecule has 0 heterocycles. The first-order valence-electron chi connectivity index (χ1n) is 7.79. The molecule has 1 N–H and O–H groups in total. The second-order valence-electron chi connectivity index (χ2n) is 5.43. The highest BCUT2D eigenvalue weighted by Crippen LogP contribution is 2.26. The lowest BCUT2D eigenvalue weighted by Gasteiger charge is -2.21. The maximum Gasteiger partial charge on any atom is 0.0322 e. The second kappa shape index (κ2) is 10.2. The summed E-state index contributed by atoms with van der Waals surface area (Å²) in [7, 11) is 0. The van der Waals surface area contributed by atoms with E-state index in [9.17, 15) is 0 Å². The molecule has 0 fully saturated rings. The van der Waals surface area contributed by atoms with E-state index in [1.807, 2.05) is 6.08 Å². The fourth-order valence-corrected chi connectivity index (χ4v) is 3.01. The molecule has 1 nitrogen and oxygen atoms in total. The Bertz CT molecular complexity index is 400. The molecule has 0 amide bonds. The minimum absolute atomic E-state index is 0.492. The first kappa shape index (κ1) is 17.5. The van der Waals surface area contributed by atoms with Crippen LogP contribution in [-0.4, -0.2) is 6.54 Å². The molecule has 0 saturated heterocycles. The number of nitrogens with one attached hydrogen (secondary N) is 1. The van der Waals surface area contributed by atoms with Gasteiger partial charge in [-0.2, -0.15) is 0 Å². The van der Waals surface area contributed by atoms with Crippen molar-refractivity contribution < 1.29 is 0 Å². The molecule has 20 heavy (non-hydrogen) atoms. The molecule has 0 aliphatic rings. The van der Waals surface area contributed by atoms with Gasteiger partial charge in [-0.05, 0) is 62.4 Å². The van der Waals surface area contributed by atoms with Gasteiger partial charge in [0.15, 0.2) is 0 Å². The van der Waals surface area contributed by atoms with Crippen molar-refractivity contribution >= 4 is 15.9 Å². The summed E-state index contributed by atoms with van der Waals surface area (Å²) in [4.78, 5) is 0. The molecule has 2 heteroatoms. The largest absolute Gasteiger partial charge is 0.310 e. The summed E-state index contributed by atoms with van der Waals surface area (Å²) in [6, 6.07) is 7.12. The van der Waals surface area contributed by atoms with Crippen LogP contribution in [0.4, 0.5) is 0 Å². The number of hydrogen-bond acceptors (Lipinski definition) is 1. The number of hydrogen-bond donors (Lipinski definition) is 1. The van der Waals surface area contributed by atoms with Crippen LogP contribution in [0, 0.1) is 6.92 Å². The minimum Gasteiger partial charge on any atom is -0.310 e. The number of aryl methyl sites for hydroxylation is 1. The molecule has 112 valence electrons. The Labute approximate surface area is 133 Å². The molecule has 0 bridgehead atoms. The Morgan fingerprint density at radius 1 is 1.30 bits per heavy atom. The van der Waals surface area contributed by atoms with Crippen LogP contribution in [0.15, 0.2) is 35.3 Å². The minimum atomic E-state index is 0.492. The third-order valence-electron chi connectivity index (χ3n) is 3.65. The van der Waals surface area contributed by atoms with Gasteiger partial charge in [-0.25, -0.2) is 0 Å². The predicted molar refractivity (Wildman–Crippen MR) is 93.2 cm³/mol. The summed E-state index contributed by atoms with van der Waals surface area (Å²) in [5.74, 6) is 0. The van der Waals surface area contributed by atoms with Crippen LogP contribution in [0.2, 0.25) is 0 Å². The van der Waals surface area contributed by atoms with E-state index in [1.165, 1.54) is 47.7 Å². The van der Waals surface area contributed by atoms with Crippen LogP contribution in [0.3, 0.4) is 0 Å². The Balaban J connectivity index is 2.60. The molecule has 1 aromatic carbocycles. The number of rotatable bonds is 10. The molecule has 1 aromatic rings. The second-order valence-corrected chi connectivity index (χ2v) is 6.35. The van der Waals surface area contributed by atoms with E-state index < -0.39 is 0 Å². The van der Waals surface area contributed by atoms with Crippen LogP contribution in [0.5, 0.6) is 0 Å². The number of unbranched alkanes of at least 4 members (excludes halogenated alkanes) is 3. The highest BCUT2D eigenvalue weighted by atomic mass is 79.9. The number of benzene rings is 1. The topological polar surface area (TPSA) is 12.0 Å². The first-order valence-corrected chi connectivity index (χ1v) is 8.58. The average Bonchev–Trinajstić information content (AvgIpc) is 2.43. The van der Waals surface area contributed by atoms with Crippen LogP contribution < -0.4 is 5.32 Å². The van der Waals surface area contributed by atoms with Crippen molar-refractivity contribution in [1.82, 2.24) is 5.32 Å². The Hall–Kier alpha value is -0.600. The Morgan fingerprint density at radius 3 is 2.75 bits per heavy atom. The van der Waals surface area contributed by atoms with Crippen LogP contribution in [0.25, 0.3) is 0 Å². The molecule has 1 unspecified atom stereocenters. The zero-order valence-corrected chi connectivity index (χ0v) is 14.5. The average molecular weight is 338 g/mol. The van der Waals surface area contributed by atoms with E-state index in [0.29, 0.717) is 6.04 Å². The van der Waals surface area contributed by atoms with Gasteiger partial charge < -0.3 is 5.32 Å². The summed E-state index contributed by atoms with van der Waals surface area (Å²) < 4.78 is 1.17. The molecule has 0 saturated carbocycles. The molecule has 0 aliphatic carbocycles. The van der Waals surface area contributed by atoms with Crippen molar-refractivity contribution in [1.29, 1.82) is 0 Å². The molecule has 1 rings (SSSR count). The van der Waals surface area contributed by atoms with Crippen LogP contribution in [0.1, 0.15) is 62.6 Å². The molecular weight excluding hydrogens is 310 g/mol. The van der Waals surface area contributed by atoms with Gasteiger partial charge in [-0.3, -0.25) is 0 Å². The monoisotopic (exact) mass is 337 g/mol. The summed E-state index contributed by atoms with van der Waals surface area (Å²) in [5, 5.41) is 3.70. The lowest BCUT2D eigenvalue weighted by atomic mass is 9.96. The van der Waals surface area contributed by atoms with Crippen molar-refractivity contribution in [3.05, 3.63) is 46.5 Å². The van der Waals surface area contributed by atoms with Crippen molar-refractivity contribution in [3.63, 3.8) is 0 Å². The van der Waals surface area contributed by atoms with Crippen LogP contribution in [-0.2, 0) is 0 Å². The van der Waals surface area contributed by atoms with E-state index in [4.69, 9.17) is 0 Å². The van der Waals surface area contributed by atoms with Crippen molar-refractivity contribution in [2.75, 3.05) is 6.54 Å². The van der Waals surface area contributed by atoms with Crippen molar-refractivity contribution in [2.24, 2.45) is 0 Å². The van der Waals surface area contributed by atoms with E-state index in [0.717, 1.165) is 13.0 Å². The van der Waals surface area contributed by atoms with E-state index in [2.05, 4.69) is 59.9 Å². The summed E-state index contributed by atoms with van der Waals surface area (Å²) >= 11 is 3.55. The fraction of sp³-hybridized carbons (Fsp3) is 0.556. The molecule has 0 aromatic heterocycles. The molecule has 0 aliphatic heterocycles. The molecule has 0 radical (unpaired) electrons. The molecule has 1 atom stereocenters. The van der Waals surface area contributed by atoms with E-state index >= 15 is 0 Å². The zero-order chi connectivity index (χ0) is 14.8. The maximum absolute atomic E-state index is 3.78. The van der Waals surface area contributed by atoms with Crippen LogP contribution >= 0.6 is 15.9 Å². The highest BCUT2D eigenvalue weighted by Gasteiger charge is 2.12. The van der Waals surface area contributed by atoms with E-state index in [-0.39, 0.29) is 0 Å².